The van der Waals surface area contributed by atoms with E-state index in [9.17, 15) is 14.7 Å². The number of urea groups is 1. The van der Waals surface area contributed by atoms with E-state index in [-0.39, 0.29) is 13.0 Å². The molecule has 0 bridgehead atoms. The number of aliphatic hydroxyl groups excluding tert-OH is 1. The number of amides is 2. The predicted octanol–water partition coefficient (Wildman–Crippen LogP) is 1.07. The standard InChI is InChI=1S/C14H18N2O4/c1-9-3-5-10(6-4-9)15(2)14(20)16-8-11(17)7-12(16)13(18)19/h3-6,11-12,17H,7-8H2,1-2H3,(H,18,19). The van der Waals surface area contributed by atoms with Gasteiger partial charge in [0.1, 0.15) is 6.04 Å². The van der Waals surface area contributed by atoms with Crippen molar-refractivity contribution in [3.8, 4) is 0 Å². The Labute approximate surface area is 117 Å². The zero-order chi connectivity index (χ0) is 14.9. The fraction of sp³-hybridized carbons (Fsp3) is 0.429. The second kappa shape index (κ2) is 5.50. The molecule has 0 saturated carbocycles. The lowest BCUT2D eigenvalue weighted by atomic mass is 10.2. The van der Waals surface area contributed by atoms with Crippen molar-refractivity contribution in [1.29, 1.82) is 0 Å². The third kappa shape index (κ3) is 2.75. The van der Waals surface area contributed by atoms with Crippen LogP contribution in [-0.2, 0) is 4.79 Å². The van der Waals surface area contributed by atoms with Gasteiger partial charge in [-0.25, -0.2) is 9.59 Å². The van der Waals surface area contributed by atoms with Crippen LogP contribution in [0.3, 0.4) is 0 Å². The number of β-amino-alcohol motifs (C(OH)–C–C–N with tert-alkyl or cyclic N) is 1. The number of likely N-dealkylation sites (tertiary alicyclic amines) is 1. The van der Waals surface area contributed by atoms with Crippen LogP contribution in [0.2, 0.25) is 0 Å². The molecule has 2 atom stereocenters. The minimum absolute atomic E-state index is 0.0476. The molecule has 2 N–H and O–H groups in total. The van der Waals surface area contributed by atoms with E-state index in [1.54, 1.807) is 19.2 Å². The van der Waals surface area contributed by atoms with Crippen molar-refractivity contribution in [2.45, 2.75) is 25.5 Å². The molecule has 1 aliphatic rings. The number of carbonyl (C=O) groups excluding carboxylic acids is 1. The Morgan fingerprint density at radius 1 is 1.30 bits per heavy atom. The van der Waals surface area contributed by atoms with Crippen LogP contribution in [0, 0.1) is 6.92 Å². The summed E-state index contributed by atoms with van der Waals surface area (Å²) in [7, 11) is 1.59. The smallest absolute Gasteiger partial charge is 0.326 e. The molecule has 1 aromatic rings. The molecule has 1 aromatic carbocycles. The first-order chi connectivity index (χ1) is 9.40. The SMILES string of the molecule is Cc1ccc(N(C)C(=O)N2CC(O)CC2C(=O)O)cc1. The maximum absolute atomic E-state index is 12.4. The molecular formula is C14H18N2O4. The Balaban J connectivity index is 2.17. The van der Waals surface area contributed by atoms with Crippen molar-refractivity contribution in [3.05, 3.63) is 29.8 Å². The van der Waals surface area contributed by atoms with Gasteiger partial charge in [0.05, 0.1) is 6.10 Å². The maximum atomic E-state index is 12.4. The van der Waals surface area contributed by atoms with Crippen LogP contribution in [-0.4, -0.2) is 52.9 Å². The van der Waals surface area contributed by atoms with E-state index in [0.717, 1.165) is 5.56 Å². The van der Waals surface area contributed by atoms with Crippen LogP contribution >= 0.6 is 0 Å². The summed E-state index contributed by atoms with van der Waals surface area (Å²) >= 11 is 0. The molecule has 0 radical (unpaired) electrons. The van der Waals surface area contributed by atoms with Crippen molar-refractivity contribution in [2.24, 2.45) is 0 Å². The van der Waals surface area contributed by atoms with Crippen molar-refractivity contribution in [3.63, 3.8) is 0 Å². The number of carboxylic acids is 1. The van der Waals surface area contributed by atoms with E-state index in [1.165, 1.54) is 9.80 Å². The summed E-state index contributed by atoms with van der Waals surface area (Å²) in [6.45, 7) is 1.99. The highest BCUT2D eigenvalue weighted by atomic mass is 16.4. The molecule has 1 aliphatic heterocycles. The minimum atomic E-state index is -1.09. The number of rotatable bonds is 2. The molecule has 1 heterocycles. The van der Waals surface area contributed by atoms with Gasteiger partial charge in [0, 0.05) is 25.7 Å². The lowest BCUT2D eigenvalue weighted by Gasteiger charge is -2.27. The van der Waals surface area contributed by atoms with Gasteiger partial charge in [-0.15, -0.1) is 0 Å². The van der Waals surface area contributed by atoms with Crippen LogP contribution in [0.25, 0.3) is 0 Å². The molecular weight excluding hydrogens is 260 g/mol. The third-order valence-electron chi connectivity index (χ3n) is 3.52. The Hall–Kier alpha value is -2.08. The summed E-state index contributed by atoms with van der Waals surface area (Å²) in [5.74, 6) is -1.09. The molecule has 0 aliphatic carbocycles. The maximum Gasteiger partial charge on any atom is 0.326 e. The van der Waals surface area contributed by atoms with Gasteiger partial charge in [0.15, 0.2) is 0 Å². The van der Waals surface area contributed by atoms with Crippen LogP contribution < -0.4 is 4.90 Å². The van der Waals surface area contributed by atoms with E-state index in [2.05, 4.69) is 0 Å². The Bertz CT molecular complexity index is 514. The number of aryl methyl sites for hydroxylation is 1. The summed E-state index contributed by atoms with van der Waals surface area (Å²) < 4.78 is 0. The molecule has 2 amide bonds. The van der Waals surface area contributed by atoms with Crippen molar-refractivity contribution >= 4 is 17.7 Å². The molecule has 2 rings (SSSR count). The quantitative estimate of drug-likeness (QED) is 0.848. The molecule has 1 fully saturated rings. The zero-order valence-corrected chi connectivity index (χ0v) is 11.5. The number of hydrogen-bond acceptors (Lipinski definition) is 3. The summed E-state index contributed by atoms with van der Waals surface area (Å²) in [6.07, 6.45) is -0.713. The number of anilines is 1. The first-order valence-corrected chi connectivity index (χ1v) is 6.42. The van der Waals surface area contributed by atoms with Gasteiger partial charge in [-0.05, 0) is 19.1 Å². The number of hydrogen-bond donors (Lipinski definition) is 2. The van der Waals surface area contributed by atoms with Crippen LogP contribution in [0.4, 0.5) is 10.5 Å². The summed E-state index contributed by atoms with van der Waals surface area (Å²) in [6, 6.07) is 5.98. The zero-order valence-electron chi connectivity index (χ0n) is 11.5. The Kier molecular flexibility index (Phi) is 3.94. The number of carboxylic acid groups (broad SMARTS) is 1. The molecule has 108 valence electrons. The molecule has 6 heteroatoms. The Morgan fingerprint density at radius 2 is 1.90 bits per heavy atom. The number of nitrogens with zero attached hydrogens (tertiary/aromatic N) is 2. The first kappa shape index (κ1) is 14.3. The van der Waals surface area contributed by atoms with Gasteiger partial charge < -0.3 is 15.1 Å². The van der Waals surface area contributed by atoms with Crippen molar-refractivity contribution < 1.29 is 19.8 Å². The molecule has 0 spiro atoms. The lowest BCUT2D eigenvalue weighted by Crippen LogP contribution is -2.47. The van der Waals surface area contributed by atoms with Gasteiger partial charge in [0.25, 0.3) is 0 Å². The average Bonchev–Trinajstić information content (AvgIpc) is 2.80. The van der Waals surface area contributed by atoms with E-state index < -0.39 is 24.1 Å². The lowest BCUT2D eigenvalue weighted by molar-refractivity contribution is -0.141. The van der Waals surface area contributed by atoms with Crippen molar-refractivity contribution in [2.75, 3.05) is 18.5 Å². The number of aliphatic hydroxyl groups is 1. The number of benzene rings is 1. The molecule has 1 saturated heterocycles. The van der Waals surface area contributed by atoms with Crippen LogP contribution in [0.1, 0.15) is 12.0 Å². The second-order valence-corrected chi connectivity index (χ2v) is 5.07. The van der Waals surface area contributed by atoms with Crippen LogP contribution in [0.15, 0.2) is 24.3 Å². The minimum Gasteiger partial charge on any atom is -0.480 e. The summed E-state index contributed by atoms with van der Waals surface area (Å²) in [5.41, 5.74) is 1.76. The highest BCUT2D eigenvalue weighted by Crippen LogP contribution is 2.22. The van der Waals surface area contributed by atoms with Gasteiger partial charge in [-0.3, -0.25) is 4.90 Å². The second-order valence-electron chi connectivity index (χ2n) is 5.07. The number of carbonyl (C=O) groups is 2. The molecule has 20 heavy (non-hydrogen) atoms. The topological polar surface area (TPSA) is 81.1 Å². The van der Waals surface area contributed by atoms with Gasteiger partial charge >= 0.3 is 12.0 Å². The monoisotopic (exact) mass is 278 g/mol. The first-order valence-electron chi connectivity index (χ1n) is 6.42. The molecule has 6 nitrogen and oxygen atoms in total. The largest absolute Gasteiger partial charge is 0.480 e. The summed E-state index contributed by atoms with van der Waals surface area (Å²) in [5, 5.41) is 18.7. The van der Waals surface area contributed by atoms with E-state index in [4.69, 9.17) is 5.11 Å². The Morgan fingerprint density at radius 3 is 2.45 bits per heavy atom. The van der Waals surface area contributed by atoms with Gasteiger partial charge in [-0.2, -0.15) is 0 Å². The normalized spacial score (nSPS) is 21.9. The van der Waals surface area contributed by atoms with Gasteiger partial charge in [-0.1, -0.05) is 17.7 Å². The van der Waals surface area contributed by atoms with E-state index in [0.29, 0.717) is 5.69 Å². The third-order valence-corrected chi connectivity index (χ3v) is 3.52. The van der Waals surface area contributed by atoms with E-state index in [1.807, 2.05) is 19.1 Å². The van der Waals surface area contributed by atoms with Crippen molar-refractivity contribution in [1.82, 2.24) is 4.90 Å². The molecule has 2 unspecified atom stereocenters. The predicted molar refractivity (Wildman–Crippen MR) is 73.7 cm³/mol. The number of aliphatic carboxylic acids is 1. The summed E-state index contributed by atoms with van der Waals surface area (Å²) in [4.78, 5) is 26.1. The fourth-order valence-electron chi connectivity index (χ4n) is 2.33. The highest BCUT2D eigenvalue weighted by molar-refractivity contribution is 5.94. The average molecular weight is 278 g/mol. The van der Waals surface area contributed by atoms with Crippen LogP contribution in [0.5, 0.6) is 0 Å². The highest BCUT2D eigenvalue weighted by Gasteiger charge is 2.40. The molecule has 0 aromatic heterocycles. The fourth-order valence-corrected chi connectivity index (χ4v) is 2.33. The van der Waals surface area contributed by atoms with E-state index >= 15 is 0 Å². The van der Waals surface area contributed by atoms with Gasteiger partial charge in [0.2, 0.25) is 0 Å².